The highest BCUT2D eigenvalue weighted by Crippen LogP contribution is 2.20. The van der Waals surface area contributed by atoms with E-state index in [1.807, 2.05) is 0 Å². The van der Waals surface area contributed by atoms with E-state index in [-0.39, 0.29) is 11.1 Å². The van der Waals surface area contributed by atoms with Crippen LogP contribution in [0.3, 0.4) is 0 Å². The van der Waals surface area contributed by atoms with Gasteiger partial charge in [-0.2, -0.15) is 0 Å². The van der Waals surface area contributed by atoms with E-state index in [2.05, 4.69) is 21.2 Å². The van der Waals surface area contributed by atoms with Crippen LogP contribution in [-0.4, -0.2) is 11.8 Å². The van der Waals surface area contributed by atoms with Crippen LogP contribution >= 0.6 is 15.9 Å². The van der Waals surface area contributed by atoms with E-state index in [1.54, 1.807) is 12.1 Å². The SMILES string of the molecule is NC(=O)c1cccc(NC(=O)c2cc(F)ccc2Br)c1. The Morgan fingerprint density at radius 1 is 1.15 bits per heavy atom. The van der Waals surface area contributed by atoms with Gasteiger partial charge in [0, 0.05) is 15.7 Å². The van der Waals surface area contributed by atoms with E-state index in [1.165, 1.54) is 24.3 Å². The fourth-order valence-corrected chi connectivity index (χ4v) is 2.05. The molecule has 0 spiro atoms. The van der Waals surface area contributed by atoms with Crippen molar-refractivity contribution < 1.29 is 14.0 Å². The third-order valence-electron chi connectivity index (χ3n) is 2.58. The fraction of sp³-hybridized carbons (Fsp3) is 0. The molecule has 2 amide bonds. The molecule has 2 rings (SSSR count). The molecule has 20 heavy (non-hydrogen) atoms. The predicted molar refractivity (Wildman–Crippen MR) is 77.0 cm³/mol. The average Bonchev–Trinajstić information content (AvgIpc) is 2.41. The Morgan fingerprint density at radius 2 is 1.90 bits per heavy atom. The Labute approximate surface area is 122 Å². The van der Waals surface area contributed by atoms with Crippen molar-refractivity contribution in [3.05, 3.63) is 63.9 Å². The summed E-state index contributed by atoms with van der Waals surface area (Å²) in [5.74, 6) is -1.59. The van der Waals surface area contributed by atoms with Crippen LogP contribution in [0.5, 0.6) is 0 Å². The molecule has 0 bridgehead atoms. The van der Waals surface area contributed by atoms with E-state index in [0.29, 0.717) is 10.2 Å². The molecule has 0 aromatic heterocycles. The quantitative estimate of drug-likeness (QED) is 0.904. The van der Waals surface area contributed by atoms with Gasteiger partial charge in [0.1, 0.15) is 5.82 Å². The minimum absolute atomic E-state index is 0.162. The summed E-state index contributed by atoms with van der Waals surface area (Å²) in [5.41, 5.74) is 6.01. The van der Waals surface area contributed by atoms with Crippen molar-refractivity contribution in [3.8, 4) is 0 Å². The standard InChI is InChI=1S/C14H10BrFN2O2/c15-12-5-4-9(16)7-11(12)14(20)18-10-3-1-2-8(6-10)13(17)19/h1-7H,(H2,17,19)(H,18,20). The van der Waals surface area contributed by atoms with Crippen molar-refractivity contribution in [2.45, 2.75) is 0 Å². The van der Waals surface area contributed by atoms with Crippen LogP contribution in [0.4, 0.5) is 10.1 Å². The summed E-state index contributed by atoms with van der Waals surface area (Å²) in [5, 5.41) is 2.58. The van der Waals surface area contributed by atoms with E-state index in [9.17, 15) is 14.0 Å². The first-order chi connectivity index (χ1) is 9.47. The van der Waals surface area contributed by atoms with Gasteiger partial charge in [-0.25, -0.2) is 4.39 Å². The van der Waals surface area contributed by atoms with Crippen LogP contribution < -0.4 is 11.1 Å². The summed E-state index contributed by atoms with van der Waals surface area (Å²) in [6.45, 7) is 0. The smallest absolute Gasteiger partial charge is 0.256 e. The number of anilines is 1. The lowest BCUT2D eigenvalue weighted by molar-refractivity contribution is 0.0996. The van der Waals surface area contributed by atoms with E-state index >= 15 is 0 Å². The van der Waals surface area contributed by atoms with Crippen molar-refractivity contribution in [1.29, 1.82) is 0 Å². The number of carbonyl (C=O) groups is 2. The van der Waals surface area contributed by atoms with Gasteiger partial charge in [0.2, 0.25) is 5.91 Å². The molecule has 4 nitrogen and oxygen atoms in total. The Hall–Kier alpha value is -2.21. The van der Waals surface area contributed by atoms with Crippen LogP contribution in [0.1, 0.15) is 20.7 Å². The molecule has 0 radical (unpaired) electrons. The summed E-state index contributed by atoms with van der Waals surface area (Å²) in [7, 11) is 0. The summed E-state index contributed by atoms with van der Waals surface area (Å²) >= 11 is 3.18. The molecule has 2 aromatic rings. The van der Waals surface area contributed by atoms with Crippen LogP contribution in [0.2, 0.25) is 0 Å². The largest absolute Gasteiger partial charge is 0.366 e. The first-order valence-electron chi connectivity index (χ1n) is 5.63. The van der Waals surface area contributed by atoms with Gasteiger partial charge in [-0.15, -0.1) is 0 Å². The Bertz CT molecular complexity index is 689. The molecule has 0 atom stereocenters. The third-order valence-corrected chi connectivity index (χ3v) is 3.27. The van der Waals surface area contributed by atoms with Crippen LogP contribution in [0.25, 0.3) is 0 Å². The topological polar surface area (TPSA) is 72.2 Å². The Balaban J connectivity index is 2.25. The maximum absolute atomic E-state index is 13.2. The van der Waals surface area contributed by atoms with Gasteiger partial charge in [-0.3, -0.25) is 9.59 Å². The second kappa shape index (κ2) is 5.83. The van der Waals surface area contributed by atoms with Crippen LogP contribution in [0, 0.1) is 5.82 Å². The number of nitrogens with two attached hydrogens (primary N) is 1. The number of primary amides is 1. The summed E-state index contributed by atoms with van der Waals surface area (Å²) in [4.78, 5) is 23.1. The second-order valence-corrected chi connectivity index (χ2v) is 4.88. The summed E-state index contributed by atoms with van der Waals surface area (Å²) in [6, 6.07) is 10.0. The molecule has 0 heterocycles. The van der Waals surface area contributed by atoms with Gasteiger partial charge < -0.3 is 11.1 Å². The maximum Gasteiger partial charge on any atom is 0.256 e. The molecule has 0 fully saturated rings. The van der Waals surface area contributed by atoms with Crippen molar-refractivity contribution in [3.63, 3.8) is 0 Å². The van der Waals surface area contributed by atoms with E-state index < -0.39 is 17.6 Å². The molecule has 0 saturated carbocycles. The number of nitrogens with one attached hydrogen (secondary N) is 1. The predicted octanol–water partition coefficient (Wildman–Crippen LogP) is 2.94. The van der Waals surface area contributed by atoms with Crippen LogP contribution in [-0.2, 0) is 0 Å². The third kappa shape index (κ3) is 3.21. The van der Waals surface area contributed by atoms with Crippen molar-refractivity contribution >= 4 is 33.4 Å². The molecular weight excluding hydrogens is 327 g/mol. The van der Waals surface area contributed by atoms with Crippen molar-refractivity contribution in [2.75, 3.05) is 5.32 Å². The normalized spacial score (nSPS) is 10.1. The highest BCUT2D eigenvalue weighted by Gasteiger charge is 2.12. The van der Waals surface area contributed by atoms with Crippen LogP contribution in [0.15, 0.2) is 46.9 Å². The maximum atomic E-state index is 13.2. The Kier molecular flexibility index (Phi) is 4.14. The summed E-state index contributed by atoms with van der Waals surface area (Å²) in [6.07, 6.45) is 0. The first-order valence-corrected chi connectivity index (χ1v) is 6.43. The minimum atomic E-state index is -0.590. The molecule has 0 unspecified atom stereocenters. The minimum Gasteiger partial charge on any atom is -0.366 e. The molecule has 3 N–H and O–H groups in total. The number of carbonyl (C=O) groups excluding carboxylic acids is 2. The molecule has 102 valence electrons. The zero-order chi connectivity index (χ0) is 14.7. The molecular formula is C14H10BrFN2O2. The van der Waals surface area contributed by atoms with Gasteiger partial charge in [-0.1, -0.05) is 6.07 Å². The number of hydrogen-bond donors (Lipinski definition) is 2. The number of hydrogen-bond acceptors (Lipinski definition) is 2. The van der Waals surface area contributed by atoms with E-state index in [4.69, 9.17) is 5.73 Å². The van der Waals surface area contributed by atoms with Gasteiger partial charge in [-0.05, 0) is 52.3 Å². The first kappa shape index (κ1) is 14.2. The van der Waals surface area contributed by atoms with Gasteiger partial charge in [0.15, 0.2) is 0 Å². The zero-order valence-electron chi connectivity index (χ0n) is 10.2. The molecule has 6 heteroatoms. The van der Waals surface area contributed by atoms with E-state index in [0.717, 1.165) is 6.07 Å². The zero-order valence-corrected chi connectivity index (χ0v) is 11.8. The Morgan fingerprint density at radius 3 is 2.60 bits per heavy atom. The molecule has 0 aliphatic carbocycles. The molecule has 0 saturated heterocycles. The monoisotopic (exact) mass is 336 g/mol. The number of benzene rings is 2. The van der Waals surface area contributed by atoms with Gasteiger partial charge >= 0.3 is 0 Å². The summed E-state index contributed by atoms with van der Waals surface area (Å²) < 4.78 is 13.6. The number of rotatable bonds is 3. The lowest BCUT2D eigenvalue weighted by atomic mass is 10.1. The molecule has 0 aliphatic rings. The highest BCUT2D eigenvalue weighted by atomic mass is 79.9. The van der Waals surface area contributed by atoms with Crippen molar-refractivity contribution in [2.24, 2.45) is 5.73 Å². The lowest BCUT2D eigenvalue weighted by Gasteiger charge is -2.08. The second-order valence-electron chi connectivity index (χ2n) is 4.02. The lowest BCUT2D eigenvalue weighted by Crippen LogP contribution is -2.15. The number of halogens is 2. The van der Waals surface area contributed by atoms with Gasteiger partial charge in [0.25, 0.3) is 5.91 Å². The van der Waals surface area contributed by atoms with Crippen molar-refractivity contribution in [1.82, 2.24) is 0 Å². The fourth-order valence-electron chi connectivity index (χ4n) is 1.62. The molecule has 0 aliphatic heterocycles. The highest BCUT2D eigenvalue weighted by molar-refractivity contribution is 9.10. The molecule has 2 aromatic carbocycles. The average molecular weight is 337 g/mol. The van der Waals surface area contributed by atoms with Gasteiger partial charge in [0.05, 0.1) is 5.56 Å². The number of amides is 2.